The topological polar surface area (TPSA) is 24.5 Å². The molecule has 1 heterocycles. The van der Waals surface area contributed by atoms with E-state index >= 15 is 0 Å². The fraction of sp³-hybridized carbons (Fsp3) is 0.647. The largest absolute Gasteiger partial charge is 0.496 e. The average Bonchev–Trinajstić information content (AvgIpc) is 3.23. The number of ether oxygens (including phenoxy) is 1. The average molecular weight is 353 g/mol. The van der Waals surface area contributed by atoms with Crippen LogP contribution in [0.25, 0.3) is 0 Å². The van der Waals surface area contributed by atoms with Gasteiger partial charge >= 0.3 is 0 Å². The molecular formula is C17H25BrN2O. The molecule has 21 heavy (non-hydrogen) atoms. The van der Waals surface area contributed by atoms with Gasteiger partial charge in [-0.3, -0.25) is 0 Å². The summed E-state index contributed by atoms with van der Waals surface area (Å²) >= 11 is 3.56. The number of nitrogens with zero attached hydrogens (tertiary/aromatic N) is 1. The van der Waals surface area contributed by atoms with Gasteiger partial charge in [-0.25, -0.2) is 0 Å². The molecule has 2 unspecified atom stereocenters. The number of rotatable bonds is 6. The van der Waals surface area contributed by atoms with E-state index in [4.69, 9.17) is 4.74 Å². The van der Waals surface area contributed by atoms with Crippen LogP contribution in [0, 0.1) is 5.92 Å². The Morgan fingerprint density at radius 3 is 2.86 bits per heavy atom. The molecule has 3 nitrogen and oxygen atoms in total. The summed E-state index contributed by atoms with van der Waals surface area (Å²) in [4.78, 5) is 2.68. The number of hydrogen-bond acceptors (Lipinski definition) is 3. The molecule has 1 aromatic rings. The first-order valence-corrected chi connectivity index (χ1v) is 8.77. The van der Waals surface area contributed by atoms with Gasteiger partial charge in [0.1, 0.15) is 5.75 Å². The van der Waals surface area contributed by atoms with Crippen LogP contribution in [0.4, 0.5) is 0 Å². The molecule has 3 rings (SSSR count). The maximum Gasteiger partial charge on any atom is 0.133 e. The predicted octanol–water partition coefficient (Wildman–Crippen LogP) is 3.59. The van der Waals surface area contributed by atoms with Crippen LogP contribution in [0.15, 0.2) is 22.7 Å². The summed E-state index contributed by atoms with van der Waals surface area (Å²) in [6.07, 6.45) is 4.20. The molecule has 1 saturated heterocycles. The minimum absolute atomic E-state index is 0.377. The van der Waals surface area contributed by atoms with Gasteiger partial charge in [-0.05, 0) is 78.8 Å². The number of hydrogen-bond donors (Lipinski definition) is 1. The van der Waals surface area contributed by atoms with Crippen molar-refractivity contribution in [1.29, 1.82) is 0 Å². The summed E-state index contributed by atoms with van der Waals surface area (Å²) in [5.74, 6) is 1.71. The molecular weight excluding hydrogens is 328 g/mol. The molecule has 2 fully saturated rings. The lowest BCUT2D eigenvalue weighted by atomic mass is 10.1. The van der Waals surface area contributed by atoms with Crippen molar-refractivity contribution in [1.82, 2.24) is 10.2 Å². The minimum Gasteiger partial charge on any atom is -0.496 e. The Balaban J connectivity index is 1.49. The Morgan fingerprint density at radius 2 is 2.19 bits per heavy atom. The molecule has 0 spiro atoms. The van der Waals surface area contributed by atoms with Crippen molar-refractivity contribution in [2.24, 2.45) is 5.92 Å². The summed E-state index contributed by atoms with van der Waals surface area (Å²) in [7, 11) is 1.70. The van der Waals surface area contributed by atoms with Crippen LogP contribution in [0.2, 0.25) is 0 Å². The number of benzene rings is 1. The van der Waals surface area contributed by atoms with Crippen molar-refractivity contribution in [3.63, 3.8) is 0 Å². The molecule has 2 atom stereocenters. The maximum absolute atomic E-state index is 5.29. The van der Waals surface area contributed by atoms with Crippen molar-refractivity contribution in [3.8, 4) is 5.75 Å². The molecule has 4 heteroatoms. The normalized spacial score (nSPS) is 24.2. The van der Waals surface area contributed by atoms with Crippen molar-refractivity contribution >= 4 is 15.9 Å². The number of halogens is 1. The van der Waals surface area contributed by atoms with Gasteiger partial charge < -0.3 is 15.0 Å². The molecule has 1 aromatic carbocycles. The van der Waals surface area contributed by atoms with Gasteiger partial charge in [0.25, 0.3) is 0 Å². The molecule has 0 aromatic heterocycles. The number of nitrogens with one attached hydrogen (secondary N) is 1. The van der Waals surface area contributed by atoms with Crippen LogP contribution >= 0.6 is 15.9 Å². The van der Waals surface area contributed by atoms with Crippen molar-refractivity contribution in [3.05, 3.63) is 28.2 Å². The van der Waals surface area contributed by atoms with E-state index in [1.165, 1.54) is 37.9 Å². The lowest BCUT2D eigenvalue weighted by Crippen LogP contribution is -2.29. The number of likely N-dealkylation sites (tertiary alicyclic amines) is 1. The molecule has 1 N–H and O–H groups in total. The molecule has 1 aliphatic carbocycles. The third kappa shape index (κ3) is 3.79. The van der Waals surface area contributed by atoms with E-state index in [2.05, 4.69) is 45.2 Å². The van der Waals surface area contributed by atoms with Crippen molar-refractivity contribution in [2.45, 2.75) is 38.3 Å². The van der Waals surface area contributed by atoms with Gasteiger partial charge in [0, 0.05) is 18.6 Å². The highest BCUT2D eigenvalue weighted by molar-refractivity contribution is 9.10. The molecule has 2 aliphatic rings. The second kappa shape index (κ2) is 6.67. The van der Waals surface area contributed by atoms with Gasteiger partial charge in [0.2, 0.25) is 0 Å². The fourth-order valence-electron chi connectivity index (χ4n) is 3.21. The summed E-state index contributed by atoms with van der Waals surface area (Å²) in [6, 6.07) is 7.63. The van der Waals surface area contributed by atoms with Crippen LogP contribution in [0.3, 0.4) is 0 Å². The van der Waals surface area contributed by atoms with Gasteiger partial charge in [0.15, 0.2) is 0 Å². The summed E-state index contributed by atoms with van der Waals surface area (Å²) in [5.41, 5.74) is 1.31. The zero-order valence-electron chi connectivity index (χ0n) is 12.9. The van der Waals surface area contributed by atoms with Crippen molar-refractivity contribution < 1.29 is 4.74 Å². The highest BCUT2D eigenvalue weighted by Crippen LogP contribution is 2.32. The number of methoxy groups -OCH3 is 1. The highest BCUT2D eigenvalue weighted by Gasteiger charge is 2.34. The smallest absolute Gasteiger partial charge is 0.133 e. The monoisotopic (exact) mass is 352 g/mol. The fourth-order valence-corrected chi connectivity index (χ4v) is 3.77. The van der Waals surface area contributed by atoms with Crippen LogP contribution < -0.4 is 10.1 Å². The first kappa shape index (κ1) is 15.3. The lowest BCUT2D eigenvalue weighted by molar-refractivity contribution is 0.310. The third-order valence-corrected chi connectivity index (χ3v) is 5.39. The summed E-state index contributed by atoms with van der Waals surface area (Å²) < 4.78 is 6.31. The van der Waals surface area contributed by atoms with Crippen molar-refractivity contribution in [2.75, 3.05) is 26.7 Å². The second-order valence-electron chi connectivity index (χ2n) is 6.40. The quantitative estimate of drug-likeness (QED) is 0.846. The second-order valence-corrected chi connectivity index (χ2v) is 7.26. The molecule has 0 amide bonds. The van der Waals surface area contributed by atoms with Crippen LogP contribution in [0.1, 0.15) is 37.8 Å². The van der Waals surface area contributed by atoms with Gasteiger partial charge in [0.05, 0.1) is 11.6 Å². The van der Waals surface area contributed by atoms with Crippen LogP contribution in [0.5, 0.6) is 5.75 Å². The zero-order chi connectivity index (χ0) is 14.8. The third-order valence-electron chi connectivity index (χ3n) is 4.77. The highest BCUT2D eigenvalue weighted by atomic mass is 79.9. The van der Waals surface area contributed by atoms with E-state index in [1.807, 2.05) is 6.07 Å². The van der Waals surface area contributed by atoms with Gasteiger partial charge in [-0.15, -0.1) is 0 Å². The summed E-state index contributed by atoms with van der Waals surface area (Å²) in [6.45, 7) is 5.95. The Labute approximate surface area is 136 Å². The Bertz CT molecular complexity index is 490. The Kier molecular flexibility index (Phi) is 4.87. The van der Waals surface area contributed by atoms with E-state index in [0.29, 0.717) is 6.04 Å². The van der Waals surface area contributed by atoms with E-state index in [1.54, 1.807) is 7.11 Å². The Morgan fingerprint density at radius 1 is 1.38 bits per heavy atom. The van der Waals surface area contributed by atoms with E-state index in [9.17, 15) is 0 Å². The minimum atomic E-state index is 0.377. The van der Waals surface area contributed by atoms with Crippen LogP contribution in [-0.2, 0) is 0 Å². The van der Waals surface area contributed by atoms with E-state index in [-0.39, 0.29) is 0 Å². The molecule has 116 valence electrons. The summed E-state index contributed by atoms with van der Waals surface area (Å²) in [5, 5.41) is 3.70. The molecule has 0 radical (unpaired) electrons. The predicted molar refractivity (Wildman–Crippen MR) is 89.8 cm³/mol. The van der Waals surface area contributed by atoms with Gasteiger partial charge in [-0.2, -0.15) is 0 Å². The SMILES string of the molecule is COc1ccc(C(C)NCC2CCN(C3CC3)C2)cc1Br. The Hall–Kier alpha value is -0.580. The maximum atomic E-state index is 5.29. The standard InChI is InChI=1S/C17H25BrN2O/c1-12(14-3-6-17(21-2)16(18)9-14)19-10-13-7-8-20(11-13)15-4-5-15/h3,6,9,12-13,15,19H,4-5,7-8,10-11H2,1-2H3. The van der Waals surface area contributed by atoms with E-state index < -0.39 is 0 Å². The first-order valence-electron chi connectivity index (χ1n) is 7.98. The molecule has 1 saturated carbocycles. The molecule has 1 aliphatic heterocycles. The molecule has 0 bridgehead atoms. The van der Waals surface area contributed by atoms with E-state index in [0.717, 1.165) is 28.7 Å². The lowest BCUT2D eigenvalue weighted by Gasteiger charge is -2.19. The van der Waals surface area contributed by atoms with Crippen LogP contribution in [-0.4, -0.2) is 37.7 Å². The first-order chi connectivity index (χ1) is 10.2. The van der Waals surface area contributed by atoms with Gasteiger partial charge in [-0.1, -0.05) is 6.07 Å². The zero-order valence-corrected chi connectivity index (χ0v) is 14.5.